The molecule has 0 spiro atoms. The molecule has 130 valence electrons. The minimum Gasteiger partial charge on any atom is -0.344 e. The van der Waals surface area contributed by atoms with Crippen molar-refractivity contribution in [1.82, 2.24) is 9.97 Å². The van der Waals surface area contributed by atoms with Gasteiger partial charge in [-0.2, -0.15) is 0 Å². The van der Waals surface area contributed by atoms with Gasteiger partial charge in [0.05, 0.1) is 6.04 Å². The number of nitrogens with two attached hydrogens (primary N) is 1. The van der Waals surface area contributed by atoms with Gasteiger partial charge in [0.25, 0.3) is 0 Å². The van der Waals surface area contributed by atoms with E-state index in [0.29, 0.717) is 12.3 Å². The third-order valence-electron chi connectivity index (χ3n) is 4.19. The number of hydrogen-bond acceptors (Lipinski definition) is 3. The van der Waals surface area contributed by atoms with Crippen molar-refractivity contribution < 1.29 is 4.79 Å². The number of fused-ring (bicyclic) bond motifs is 1. The molecule has 0 aliphatic rings. The fourth-order valence-electron chi connectivity index (χ4n) is 2.99. The zero-order valence-electron chi connectivity index (χ0n) is 14.8. The first kappa shape index (κ1) is 17.2. The number of benzene rings is 1. The number of amides is 1. The van der Waals surface area contributed by atoms with Crippen molar-refractivity contribution in [3.63, 3.8) is 0 Å². The summed E-state index contributed by atoms with van der Waals surface area (Å²) in [5.74, 6) is 0.246. The fraction of sp³-hybridized carbons (Fsp3) is 0.300. The molecule has 0 saturated carbocycles. The number of carbonyl (C=O) groups excluding carboxylic acids is 1. The van der Waals surface area contributed by atoms with Crippen LogP contribution in [0, 0.1) is 12.8 Å². The second-order valence-electron chi connectivity index (χ2n) is 6.88. The number of nitrogens with zero attached hydrogens (tertiary/aromatic N) is 1. The lowest BCUT2D eigenvalue weighted by Crippen LogP contribution is -2.36. The van der Waals surface area contributed by atoms with Crippen LogP contribution >= 0.6 is 0 Å². The van der Waals surface area contributed by atoms with E-state index in [4.69, 9.17) is 5.73 Å². The smallest absolute Gasteiger partial charge is 0.241 e. The summed E-state index contributed by atoms with van der Waals surface area (Å²) in [6.45, 7) is 6.13. The average molecular weight is 336 g/mol. The SMILES string of the molecule is Cc1cc2c(-c3ccc(NC(=O)[C@@H](N)CC(C)C)cc3)ccnc2[nH]1. The van der Waals surface area contributed by atoms with Gasteiger partial charge in [-0.3, -0.25) is 4.79 Å². The standard InChI is InChI=1S/C20H24N4O/c1-12(2)10-18(21)20(25)24-15-6-4-14(5-7-15)16-8-9-22-19-17(16)11-13(3)23-19/h4-9,11-12,18H,10,21H2,1-3H3,(H,22,23)(H,24,25)/t18-/m0/s1. The second kappa shape index (κ2) is 7.07. The normalized spacial score (nSPS) is 12.5. The molecule has 0 bridgehead atoms. The molecule has 25 heavy (non-hydrogen) atoms. The quantitative estimate of drug-likeness (QED) is 0.661. The lowest BCUT2D eigenvalue weighted by atomic mass is 10.0. The van der Waals surface area contributed by atoms with Crippen molar-refractivity contribution in [1.29, 1.82) is 0 Å². The second-order valence-corrected chi connectivity index (χ2v) is 6.88. The number of carbonyl (C=O) groups is 1. The first-order valence-corrected chi connectivity index (χ1v) is 8.55. The molecular weight excluding hydrogens is 312 g/mol. The molecule has 5 heteroatoms. The Morgan fingerprint density at radius 3 is 2.64 bits per heavy atom. The molecule has 3 rings (SSSR count). The molecule has 0 saturated heterocycles. The minimum atomic E-state index is -0.484. The predicted octanol–water partition coefficient (Wildman–Crippen LogP) is 3.85. The van der Waals surface area contributed by atoms with Crippen molar-refractivity contribution >= 4 is 22.6 Å². The maximum atomic E-state index is 12.1. The number of aryl methyl sites for hydroxylation is 1. The molecular formula is C20H24N4O. The van der Waals surface area contributed by atoms with Gasteiger partial charge in [0, 0.05) is 23.0 Å². The van der Waals surface area contributed by atoms with Crippen LogP contribution in [0.2, 0.25) is 0 Å². The van der Waals surface area contributed by atoms with Crippen LogP contribution < -0.4 is 11.1 Å². The van der Waals surface area contributed by atoms with E-state index in [1.807, 2.05) is 37.3 Å². The number of rotatable bonds is 5. The van der Waals surface area contributed by atoms with E-state index in [1.54, 1.807) is 6.20 Å². The van der Waals surface area contributed by atoms with Gasteiger partial charge in [-0.25, -0.2) is 4.98 Å². The Labute approximate surface area is 147 Å². The number of H-pyrrole nitrogens is 1. The van der Waals surface area contributed by atoms with Crippen molar-refractivity contribution in [2.75, 3.05) is 5.32 Å². The molecule has 2 aromatic heterocycles. The van der Waals surface area contributed by atoms with Crippen molar-refractivity contribution in [2.24, 2.45) is 11.7 Å². The zero-order valence-corrected chi connectivity index (χ0v) is 14.8. The number of nitrogens with one attached hydrogen (secondary N) is 2. The van der Waals surface area contributed by atoms with E-state index in [0.717, 1.165) is 33.5 Å². The predicted molar refractivity (Wildman–Crippen MR) is 102 cm³/mol. The van der Waals surface area contributed by atoms with Gasteiger partial charge in [-0.1, -0.05) is 26.0 Å². The van der Waals surface area contributed by atoms with Crippen LogP contribution in [0.25, 0.3) is 22.2 Å². The lowest BCUT2D eigenvalue weighted by molar-refractivity contribution is -0.117. The number of pyridine rings is 1. The Kier molecular flexibility index (Phi) is 4.86. The molecule has 5 nitrogen and oxygen atoms in total. The highest BCUT2D eigenvalue weighted by Gasteiger charge is 2.15. The molecule has 0 aliphatic heterocycles. The molecule has 1 atom stereocenters. The first-order valence-electron chi connectivity index (χ1n) is 8.55. The summed E-state index contributed by atoms with van der Waals surface area (Å²) in [4.78, 5) is 19.7. The summed E-state index contributed by atoms with van der Waals surface area (Å²) in [6, 6.07) is 11.4. The van der Waals surface area contributed by atoms with Crippen LogP contribution in [0.1, 0.15) is 26.0 Å². The number of anilines is 1. The van der Waals surface area contributed by atoms with E-state index >= 15 is 0 Å². The molecule has 0 unspecified atom stereocenters. The van der Waals surface area contributed by atoms with Crippen LogP contribution in [0.3, 0.4) is 0 Å². The average Bonchev–Trinajstić information content (AvgIpc) is 2.95. The highest BCUT2D eigenvalue weighted by Crippen LogP contribution is 2.28. The molecule has 1 amide bonds. The Balaban J connectivity index is 1.79. The summed E-state index contributed by atoms with van der Waals surface area (Å²) < 4.78 is 0. The highest BCUT2D eigenvalue weighted by atomic mass is 16.2. The number of hydrogen-bond donors (Lipinski definition) is 3. The van der Waals surface area contributed by atoms with Crippen LogP contribution in [0.4, 0.5) is 5.69 Å². The van der Waals surface area contributed by atoms with Gasteiger partial charge in [-0.05, 0) is 54.7 Å². The van der Waals surface area contributed by atoms with E-state index in [-0.39, 0.29) is 5.91 Å². The largest absolute Gasteiger partial charge is 0.344 e. The van der Waals surface area contributed by atoms with Gasteiger partial charge in [-0.15, -0.1) is 0 Å². The Morgan fingerprint density at radius 1 is 1.24 bits per heavy atom. The Morgan fingerprint density at radius 2 is 1.96 bits per heavy atom. The summed E-state index contributed by atoms with van der Waals surface area (Å²) in [5.41, 5.74) is 10.8. The maximum Gasteiger partial charge on any atom is 0.241 e. The Bertz CT molecular complexity index is 880. The minimum absolute atomic E-state index is 0.144. The van der Waals surface area contributed by atoms with Crippen LogP contribution in [-0.4, -0.2) is 21.9 Å². The van der Waals surface area contributed by atoms with Crippen LogP contribution in [0.15, 0.2) is 42.6 Å². The molecule has 4 N–H and O–H groups in total. The van der Waals surface area contributed by atoms with Crippen molar-refractivity contribution in [3.05, 3.63) is 48.3 Å². The van der Waals surface area contributed by atoms with Gasteiger partial charge in [0.1, 0.15) is 5.65 Å². The highest BCUT2D eigenvalue weighted by molar-refractivity contribution is 5.96. The van der Waals surface area contributed by atoms with E-state index in [9.17, 15) is 4.79 Å². The van der Waals surface area contributed by atoms with Gasteiger partial charge < -0.3 is 16.0 Å². The third-order valence-corrected chi connectivity index (χ3v) is 4.19. The molecule has 3 aromatic rings. The molecule has 1 aromatic carbocycles. The molecule has 2 heterocycles. The van der Waals surface area contributed by atoms with Gasteiger partial charge in [0.2, 0.25) is 5.91 Å². The topological polar surface area (TPSA) is 83.8 Å². The maximum absolute atomic E-state index is 12.1. The number of aromatic nitrogens is 2. The van der Waals surface area contributed by atoms with E-state index < -0.39 is 6.04 Å². The fourth-order valence-corrected chi connectivity index (χ4v) is 2.99. The summed E-state index contributed by atoms with van der Waals surface area (Å²) >= 11 is 0. The van der Waals surface area contributed by atoms with Crippen molar-refractivity contribution in [3.8, 4) is 11.1 Å². The molecule has 0 aliphatic carbocycles. The first-order chi connectivity index (χ1) is 11.9. The summed E-state index contributed by atoms with van der Waals surface area (Å²) in [5, 5.41) is 3.98. The molecule has 0 radical (unpaired) electrons. The lowest BCUT2D eigenvalue weighted by Gasteiger charge is -2.14. The van der Waals surface area contributed by atoms with E-state index in [2.05, 4.69) is 35.2 Å². The molecule has 0 fully saturated rings. The van der Waals surface area contributed by atoms with Crippen molar-refractivity contribution in [2.45, 2.75) is 33.2 Å². The van der Waals surface area contributed by atoms with Crippen LogP contribution in [-0.2, 0) is 4.79 Å². The monoisotopic (exact) mass is 336 g/mol. The number of aromatic amines is 1. The third kappa shape index (κ3) is 3.88. The van der Waals surface area contributed by atoms with Gasteiger partial charge in [0.15, 0.2) is 0 Å². The zero-order chi connectivity index (χ0) is 18.0. The summed E-state index contributed by atoms with van der Waals surface area (Å²) in [6.07, 6.45) is 2.47. The van der Waals surface area contributed by atoms with Crippen LogP contribution in [0.5, 0.6) is 0 Å². The Hall–Kier alpha value is -2.66. The van der Waals surface area contributed by atoms with Gasteiger partial charge >= 0.3 is 0 Å². The summed E-state index contributed by atoms with van der Waals surface area (Å²) in [7, 11) is 0. The van der Waals surface area contributed by atoms with E-state index in [1.165, 1.54) is 0 Å².